The van der Waals surface area contributed by atoms with E-state index >= 15 is 0 Å². The topological polar surface area (TPSA) is 10.4 Å². The van der Waals surface area contributed by atoms with Crippen LogP contribution in [-0.2, 0) is 7.05 Å². The van der Waals surface area contributed by atoms with Crippen molar-refractivity contribution in [2.45, 2.75) is 20.8 Å². The highest BCUT2D eigenvalue weighted by Gasteiger charge is 2.56. The van der Waals surface area contributed by atoms with Crippen molar-refractivity contribution in [3.8, 4) is 11.1 Å². The number of aryl methyl sites for hydroxylation is 3. The van der Waals surface area contributed by atoms with E-state index in [1.54, 1.807) is 0 Å². The van der Waals surface area contributed by atoms with Gasteiger partial charge < -0.3 is 4.81 Å². The Morgan fingerprint density at radius 3 is 2.26 bits per heavy atom. The van der Waals surface area contributed by atoms with Gasteiger partial charge in [-0.1, -0.05) is 54.6 Å². The third-order valence-electron chi connectivity index (χ3n) is 6.83. The molecule has 6 rings (SSSR count). The van der Waals surface area contributed by atoms with Gasteiger partial charge in [-0.2, -0.15) is 0 Å². The summed E-state index contributed by atoms with van der Waals surface area (Å²) in [5.74, 6) is 1.23. The summed E-state index contributed by atoms with van der Waals surface area (Å²) in [6.07, 6.45) is 2.23. The Labute approximate surface area is 184 Å². The number of aromatic nitrogens is 1. The summed E-state index contributed by atoms with van der Waals surface area (Å²) in [5.41, 5.74) is 11.7. The predicted molar refractivity (Wildman–Crippen MR) is 130 cm³/mol. The van der Waals surface area contributed by atoms with Crippen molar-refractivity contribution < 1.29 is 4.57 Å². The molecule has 0 radical (unpaired) electrons. The molecule has 0 saturated carbocycles. The molecule has 31 heavy (non-hydrogen) atoms. The molecule has 4 heteroatoms. The first-order valence-corrected chi connectivity index (χ1v) is 10.9. The van der Waals surface area contributed by atoms with Crippen LogP contribution in [0.1, 0.15) is 16.7 Å². The van der Waals surface area contributed by atoms with E-state index in [1.807, 2.05) is 0 Å². The Bertz CT molecular complexity index is 1360. The Kier molecular flexibility index (Phi) is 3.82. The standard InChI is InChI=1S/C27H25BN3/c1-18-16-26-27(29(4)17-18)31(24-15-9-10-19(2)20(24)3)28-23-13-7-5-11-21(23)22-12-6-8-14-25(22)30(26)28/h5-17H,1-4H3/q+1. The van der Waals surface area contributed by atoms with E-state index < -0.39 is 0 Å². The van der Waals surface area contributed by atoms with Crippen molar-refractivity contribution in [3.05, 3.63) is 95.7 Å². The Morgan fingerprint density at radius 1 is 0.710 bits per heavy atom. The number of rotatable bonds is 1. The maximum Gasteiger partial charge on any atom is 0.543 e. The van der Waals surface area contributed by atoms with Crippen molar-refractivity contribution >= 4 is 35.3 Å². The van der Waals surface area contributed by atoms with Crippen LogP contribution in [0.4, 0.5) is 22.9 Å². The molecule has 0 bridgehead atoms. The largest absolute Gasteiger partial charge is 0.543 e. The van der Waals surface area contributed by atoms with Gasteiger partial charge in [0.15, 0.2) is 0 Å². The summed E-state index contributed by atoms with van der Waals surface area (Å²) in [6, 6.07) is 26.7. The Morgan fingerprint density at radius 2 is 1.42 bits per heavy atom. The first-order chi connectivity index (χ1) is 15.1. The molecule has 0 saturated heterocycles. The van der Waals surface area contributed by atoms with E-state index in [2.05, 4.69) is 121 Å². The minimum Gasteiger partial charge on any atom is -0.332 e. The summed E-state index contributed by atoms with van der Waals surface area (Å²) in [6.45, 7) is 6.70. The van der Waals surface area contributed by atoms with Crippen LogP contribution in [0.2, 0.25) is 0 Å². The normalized spacial score (nSPS) is 13.6. The zero-order valence-electron chi connectivity index (χ0n) is 18.4. The lowest BCUT2D eigenvalue weighted by Gasteiger charge is -2.32. The van der Waals surface area contributed by atoms with Gasteiger partial charge in [-0.15, -0.1) is 0 Å². The fourth-order valence-electron chi connectivity index (χ4n) is 5.36. The fourth-order valence-corrected chi connectivity index (χ4v) is 5.36. The van der Waals surface area contributed by atoms with Gasteiger partial charge in [0.2, 0.25) is 0 Å². The molecule has 3 nitrogen and oxygen atoms in total. The van der Waals surface area contributed by atoms with Crippen LogP contribution in [0.5, 0.6) is 0 Å². The highest BCUT2D eigenvalue weighted by Crippen LogP contribution is 2.50. The number of hydrogen-bond donors (Lipinski definition) is 0. The van der Waals surface area contributed by atoms with Crippen LogP contribution in [-0.4, -0.2) is 6.98 Å². The Balaban J connectivity index is 1.73. The van der Waals surface area contributed by atoms with E-state index in [9.17, 15) is 0 Å². The van der Waals surface area contributed by atoms with Crippen LogP contribution in [0.3, 0.4) is 0 Å². The minimum atomic E-state index is 0.0783. The van der Waals surface area contributed by atoms with Gasteiger partial charge in [0.1, 0.15) is 11.4 Å². The third kappa shape index (κ3) is 2.45. The molecule has 0 fully saturated rings. The van der Waals surface area contributed by atoms with Crippen LogP contribution in [0.15, 0.2) is 79.0 Å². The fraction of sp³-hybridized carbons (Fsp3) is 0.148. The van der Waals surface area contributed by atoms with E-state index in [0.717, 1.165) is 0 Å². The van der Waals surface area contributed by atoms with Gasteiger partial charge in [-0.3, -0.25) is 4.81 Å². The average molecular weight is 402 g/mol. The lowest BCUT2D eigenvalue weighted by atomic mass is 9.59. The predicted octanol–water partition coefficient (Wildman–Crippen LogP) is 5.10. The zero-order valence-corrected chi connectivity index (χ0v) is 18.4. The molecule has 150 valence electrons. The molecule has 0 atom stereocenters. The summed E-state index contributed by atoms with van der Waals surface area (Å²) in [7, 11) is 2.17. The molecule has 0 N–H and O–H groups in total. The third-order valence-corrected chi connectivity index (χ3v) is 6.83. The number of pyridine rings is 1. The summed E-state index contributed by atoms with van der Waals surface area (Å²) >= 11 is 0. The van der Waals surface area contributed by atoms with E-state index in [4.69, 9.17) is 0 Å². The highest BCUT2D eigenvalue weighted by molar-refractivity contribution is 6.86. The molecule has 2 aliphatic heterocycles. The van der Waals surface area contributed by atoms with Crippen molar-refractivity contribution in [2.75, 3.05) is 9.62 Å². The number of hydrogen-bond acceptors (Lipinski definition) is 2. The second kappa shape index (κ2) is 6.48. The van der Waals surface area contributed by atoms with Crippen molar-refractivity contribution in [2.24, 2.45) is 7.05 Å². The number of benzene rings is 3. The molecule has 0 aliphatic carbocycles. The lowest BCUT2D eigenvalue weighted by Crippen LogP contribution is -2.56. The van der Waals surface area contributed by atoms with Gasteiger partial charge in [0.05, 0.1) is 13.2 Å². The molecule has 3 heterocycles. The molecule has 2 aliphatic rings. The summed E-state index contributed by atoms with van der Waals surface area (Å²) < 4.78 is 2.29. The van der Waals surface area contributed by atoms with Gasteiger partial charge >= 0.3 is 6.98 Å². The molecule has 0 unspecified atom stereocenters. The number of fused-ring (bicyclic) bond motifs is 8. The molecule has 1 aromatic heterocycles. The maximum atomic E-state index is 2.53. The van der Waals surface area contributed by atoms with Crippen molar-refractivity contribution in [1.29, 1.82) is 0 Å². The molecule has 3 aromatic carbocycles. The number of nitrogens with zero attached hydrogens (tertiary/aromatic N) is 3. The van der Waals surface area contributed by atoms with Gasteiger partial charge in [-0.05, 0) is 61.2 Å². The van der Waals surface area contributed by atoms with Crippen LogP contribution in [0, 0.1) is 20.8 Å². The molecular formula is C27H25BN3+. The van der Waals surface area contributed by atoms with Crippen LogP contribution >= 0.6 is 0 Å². The Hall–Kier alpha value is -3.53. The average Bonchev–Trinajstić information content (AvgIpc) is 3.11. The first kappa shape index (κ1) is 18.3. The van der Waals surface area contributed by atoms with Gasteiger partial charge in [0.25, 0.3) is 5.82 Å². The smallest absolute Gasteiger partial charge is 0.332 e. The highest BCUT2D eigenvalue weighted by atomic mass is 15.4. The van der Waals surface area contributed by atoms with Crippen LogP contribution in [0.25, 0.3) is 11.1 Å². The second-order valence-corrected chi connectivity index (χ2v) is 8.77. The minimum absolute atomic E-state index is 0.0783. The molecule has 0 amide bonds. The van der Waals surface area contributed by atoms with Crippen molar-refractivity contribution in [3.63, 3.8) is 0 Å². The molecular weight excluding hydrogens is 377 g/mol. The number of para-hydroxylation sites is 1. The van der Waals surface area contributed by atoms with Crippen LogP contribution < -0.4 is 19.7 Å². The number of anilines is 4. The van der Waals surface area contributed by atoms with E-state index in [0.29, 0.717) is 0 Å². The first-order valence-electron chi connectivity index (χ1n) is 10.9. The SMILES string of the molecule is Cc1cc2c([n+](C)c1)N(c1cccc(C)c1C)B1c3ccccc3-c3ccccc3N12. The monoisotopic (exact) mass is 402 g/mol. The van der Waals surface area contributed by atoms with E-state index in [-0.39, 0.29) is 6.98 Å². The molecule has 0 spiro atoms. The quantitative estimate of drug-likeness (QED) is 0.324. The summed E-state index contributed by atoms with van der Waals surface area (Å²) in [5, 5.41) is 0. The lowest BCUT2D eigenvalue weighted by molar-refractivity contribution is -0.657. The second-order valence-electron chi connectivity index (χ2n) is 8.77. The van der Waals surface area contributed by atoms with Crippen molar-refractivity contribution in [1.82, 2.24) is 0 Å². The van der Waals surface area contributed by atoms with Gasteiger partial charge in [-0.25, -0.2) is 4.57 Å². The van der Waals surface area contributed by atoms with Gasteiger partial charge in [0, 0.05) is 16.7 Å². The zero-order chi connectivity index (χ0) is 21.3. The van der Waals surface area contributed by atoms with E-state index in [1.165, 1.54) is 56.2 Å². The summed E-state index contributed by atoms with van der Waals surface area (Å²) in [4.78, 5) is 5.06. The molecule has 4 aromatic rings. The maximum absolute atomic E-state index is 2.53.